The molecule has 5 heterocycles. The third-order valence-electron chi connectivity index (χ3n) is 6.60. The predicted molar refractivity (Wildman–Crippen MR) is 120 cm³/mol. The highest BCUT2D eigenvalue weighted by Crippen LogP contribution is 2.33. The van der Waals surface area contributed by atoms with Crippen LogP contribution in [0.4, 0.5) is 11.8 Å². The maximum atomic E-state index is 12.6. The van der Waals surface area contributed by atoms with Gasteiger partial charge in [-0.15, -0.1) is 0 Å². The van der Waals surface area contributed by atoms with Crippen LogP contribution in [-0.2, 0) is 22.0 Å². The van der Waals surface area contributed by atoms with Crippen molar-refractivity contribution in [2.75, 3.05) is 42.7 Å². The number of aryl methyl sites for hydroxylation is 1. The molecule has 0 radical (unpaired) electrons. The molecule has 164 valence electrons. The second kappa shape index (κ2) is 8.53. The molecule has 1 N–H and O–H groups in total. The van der Waals surface area contributed by atoms with Crippen LogP contribution in [0.1, 0.15) is 42.9 Å². The van der Waals surface area contributed by atoms with Gasteiger partial charge in [0.2, 0.25) is 11.9 Å². The van der Waals surface area contributed by atoms with E-state index in [4.69, 9.17) is 9.97 Å². The zero-order valence-corrected chi connectivity index (χ0v) is 18.6. The Hall–Kier alpha value is -2.55. The Morgan fingerprint density at radius 3 is 2.61 bits per heavy atom. The maximum Gasteiger partial charge on any atom is 0.227 e. The van der Waals surface area contributed by atoms with Crippen LogP contribution in [0.15, 0.2) is 29.4 Å². The summed E-state index contributed by atoms with van der Waals surface area (Å²) in [4.78, 5) is 30.4. The number of nitrogens with one attached hydrogen (secondary N) is 1. The summed E-state index contributed by atoms with van der Waals surface area (Å²) in [5.74, 6) is 2.74. The van der Waals surface area contributed by atoms with Gasteiger partial charge in [0, 0.05) is 63.7 Å². The van der Waals surface area contributed by atoms with Gasteiger partial charge in [0.25, 0.3) is 0 Å². The van der Waals surface area contributed by atoms with Crippen LogP contribution >= 0.6 is 0 Å². The van der Waals surface area contributed by atoms with E-state index in [1.54, 1.807) is 4.90 Å². The van der Waals surface area contributed by atoms with Crippen molar-refractivity contribution in [1.29, 1.82) is 0 Å². The number of hydrogen-bond donors (Lipinski definition) is 1. The average Bonchev–Trinajstić information content (AvgIpc) is 3.18. The van der Waals surface area contributed by atoms with E-state index in [0.29, 0.717) is 30.5 Å². The Morgan fingerprint density at radius 2 is 1.87 bits per heavy atom. The molecule has 31 heavy (non-hydrogen) atoms. The molecule has 1 unspecified atom stereocenters. The van der Waals surface area contributed by atoms with Crippen LogP contribution in [0.25, 0.3) is 0 Å². The summed E-state index contributed by atoms with van der Waals surface area (Å²) in [6.45, 7) is 2.43. The number of likely N-dealkylation sites (N-methyl/N-ethyl adjacent to an activating group) is 1. The molecule has 2 fully saturated rings. The molecular formula is C22H28N6O2S. The van der Waals surface area contributed by atoms with Crippen LogP contribution in [0, 0.1) is 0 Å². The molecule has 8 nitrogen and oxygen atoms in total. The third kappa shape index (κ3) is 4.15. The zero-order chi connectivity index (χ0) is 21.4. The summed E-state index contributed by atoms with van der Waals surface area (Å²) >= 11 is 0. The lowest BCUT2D eigenvalue weighted by atomic mass is 9.90. The largest absolute Gasteiger partial charge is 0.364 e. The second-order valence-electron chi connectivity index (χ2n) is 8.64. The first kappa shape index (κ1) is 20.4. The fourth-order valence-electron chi connectivity index (χ4n) is 4.80. The zero-order valence-electron chi connectivity index (χ0n) is 17.8. The van der Waals surface area contributed by atoms with Crippen LogP contribution < -0.4 is 10.2 Å². The van der Waals surface area contributed by atoms with Crippen LogP contribution in [0.2, 0.25) is 0 Å². The standard InChI is InChI=1S/C22H28N6O2S/c1-27-14-17(2-3-19(27)29)24-21-20-18(8-13-31(20)30)25-22(26-21)28-11-6-16(7-12-28)15-4-9-23-10-5-15/h4-5,9-10,16-17H,2-3,6-8,11-14H2,1H3,(H,24,25,26)/t17-,31?/m0/s1. The lowest BCUT2D eigenvalue weighted by molar-refractivity contribution is -0.132. The van der Waals surface area contributed by atoms with Crippen molar-refractivity contribution in [2.24, 2.45) is 0 Å². The van der Waals surface area contributed by atoms with Crippen molar-refractivity contribution < 1.29 is 9.00 Å². The van der Waals surface area contributed by atoms with Gasteiger partial charge >= 0.3 is 0 Å². The Bertz CT molecular complexity index is 993. The molecule has 0 aliphatic carbocycles. The first-order valence-corrected chi connectivity index (χ1v) is 12.3. The molecule has 2 aromatic rings. The fourth-order valence-corrected chi connectivity index (χ4v) is 6.11. The summed E-state index contributed by atoms with van der Waals surface area (Å²) in [7, 11) is 0.765. The summed E-state index contributed by atoms with van der Waals surface area (Å²) in [6.07, 6.45) is 7.84. The smallest absolute Gasteiger partial charge is 0.227 e. The van der Waals surface area contributed by atoms with Gasteiger partial charge in [-0.3, -0.25) is 14.0 Å². The number of fused-ring (bicyclic) bond motifs is 1. The lowest BCUT2D eigenvalue weighted by Gasteiger charge is -2.33. The molecule has 0 aromatic carbocycles. The number of pyridine rings is 1. The van der Waals surface area contributed by atoms with Gasteiger partial charge in [-0.25, -0.2) is 4.98 Å². The molecule has 3 aliphatic rings. The number of aromatic nitrogens is 3. The van der Waals surface area contributed by atoms with E-state index in [2.05, 4.69) is 27.3 Å². The van der Waals surface area contributed by atoms with E-state index >= 15 is 0 Å². The summed E-state index contributed by atoms with van der Waals surface area (Å²) in [6, 6.07) is 4.33. The van der Waals surface area contributed by atoms with E-state index < -0.39 is 10.8 Å². The Balaban J connectivity index is 1.35. The van der Waals surface area contributed by atoms with E-state index in [1.165, 1.54) is 5.56 Å². The van der Waals surface area contributed by atoms with E-state index in [1.807, 2.05) is 19.4 Å². The third-order valence-corrected chi connectivity index (χ3v) is 8.06. The highest BCUT2D eigenvalue weighted by atomic mass is 32.2. The molecule has 0 bridgehead atoms. The molecule has 0 spiro atoms. The number of piperidine rings is 2. The van der Waals surface area contributed by atoms with E-state index in [0.717, 1.165) is 55.3 Å². The van der Waals surface area contributed by atoms with Gasteiger partial charge in [0.15, 0.2) is 0 Å². The Morgan fingerprint density at radius 1 is 1.10 bits per heavy atom. The van der Waals surface area contributed by atoms with Gasteiger partial charge in [-0.2, -0.15) is 4.98 Å². The number of carbonyl (C=O) groups is 1. The van der Waals surface area contributed by atoms with Crippen LogP contribution in [0.3, 0.4) is 0 Å². The summed E-state index contributed by atoms with van der Waals surface area (Å²) in [5, 5.41) is 3.51. The van der Waals surface area contributed by atoms with Crippen molar-refractivity contribution in [2.45, 2.75) is 49.0 Å². The molecule has 3 aliphatic heterocycles. The summed E-state index contributed by atoms with van der Waals surface area (Å²) in [5.41, 5.74) is 2.25. The van der Waals surface area contributed by atoms with Gasteiger partial charge in [0.1, 0.15) is 10.7 Å². The minimum absolute atomic E-state index is 0.115. The first-order chi connectivity index (χ1) is 15.1. The number of likely N-dealkylation sites (tertiary alicyclic amines) is 1. The Kier molecular flexibility index (Phi) is 5.60. The van der Waals surface area contributed by atoms with Crippen molar-refractivity contribution in [3.05, 3.63) is 35.8 Å². The molecule has 2 atom stereocenters. The molecule has 1 amide bonds. The summed E-state index contributed by atoms with van der Waals surface area (Å²) < 4.78 is 12.6. The highest BCUT2D eigenvalue weighted by molar-refractivity contribution is 7.85. The predicted octanol–water partition coefficient (Wildman–Crippen LogP) is 1.95. The number of nitrogens with zero attached hydrogens (tertiary/aromatic N) is 5. The topological polar surface area (TPSA) is 91.3 Å². The molecular weight excluding hydrogens is 412 g/mol. The molecule has 5 rings (SSSR count). The van der Waals surface area contributed by atoms with Crippen molar-refractivity contribution in [3.8, 4) is 0 Å². The minimum atomic E-state index is -1.07. The average molecular weight is 441 g/mol. The Labute approximate surface area is 184 Å². The van der Waals surface area contributed by atoms with Crippen molar-refractivity contribution >= 4 is 28.5 Å². The van der Waals surface area contributed by atoms with Gasteiger partial charge in [0.05, 0.1) is 16.5 Å². The minimum Gasteiger partial charge on any atom is -0.364 e. The van der Waals surface area contributed by atoms with Crippen LogP contribution in [-0.4, -0.2) is 68.4 Å². The molecule has 9 heteroatoms. The van der Waals surface area contributed by atoms with E-state index in [9.17, 15) is 9.00 Å². The lowest BCUT2D eigenvalue weighted by Crippen LogP contribution is -2.43. The molecule has 2 saturated heterocycles. The molecule has 2 aromatic heterocycles. The number of carbonyl (C=O) groups excluding carboxylic acids is 1. The number of rotatable bonds is 4. The van der Waals surface area contributed by atoms with Gasteiger partial charge in [-0.1, -0.05) is 0 Å². The number of amides is 1. The van der Waals surface area contributed by atoms with Crippen LogP contribution in [0.5, 0.6) is 0 Å². The van der Waals surface area contributed by atoms with Gasteiger partial charge < -0.3 is 15.1 Å². The van der Waals surface area contributed by atoms with Gasteiger partial charge in [-0.05, 0) is 42.9 Å². The van der Waals surface area contributed by atoms with Crippen molar-refractivity contribution in [1.82, 2.24) is 19.9 Å². The highest BCUT2D eigenvalue weighted by Gasteiger charge is 2.31. The first-order valence-electron chi connectivity index (χ1n) is 11.0. The van der Waals surface area contributed by atoms with E-state index in [-0.39, 0.29) is 11.9 Å². The maximum absolute atomic E-state index is 12.6. The second-order valence-corrected chi connectivity index (χ2v) is 10.2. The fraction of sp³-hybridized carbons (Fsp3) is 0.545. The SMILES string of the molecule is CN1C[C@@H](Nc2nc(N3CCC(c4ccncc4)CC3)nc3c2S(=O)CC3)CCC1=O. The van der Waals surface area contributed by atoms with Crippen molar-refractivity contribution in [3.63, 3.8) is 0 Å². The number of hydrogen-bond acceptors (Lipinski definition) is 7. The normalized spacial score (nSPS) is 24.4. The molecule has 0 saturated carbocycles. The monoisotopic (exact) mass is 440 g/mol. The quantitative estimate of drug-likeness (QED) is 0.777. The number of anilines is 2.